The van der Waals surface area contributed by atoms with Crippen LogP contribution in [0.5, 0.6) is 0 Å². The zero-order chi connectivity index (χ0) is 16.4. The van der Waals surface area contributed by atoms with Gasteiger partial charge in [-0.1, -0.05) is 23.2 Å². The molecular formula is C10H12Cl2N2O6S. The Balaban J connectivity index is 3.40. The van der Waals surface area contributed by atoms with Crippen molar-refractivity contribution >= 4 is 38.9 Å². The minimum atomic E-state index is -4.31. The topological polar surface area (TPSA) is 130 Å². The maximum Gasteiger partial charge on any atom is 0.307 e. The van der Waals surface area contributed by atoms with Gasteiger partial charge in [0.15, 0.2) is 0 Å². The molecule has 0 bridgehead atoms. The van der Waals surface area contributed by atoms with Gasteiger partial charge in [-0.25, -0.2) is 13.1 Å². The Labute approximate surface area is 130 Å². The molecule has 0 amide bonds. The fourth-order valence-corrected chi connectivity index (χ4v) is 3.67. The molecule has 0 aromatic heterocycles. The number of rotatable bonds is 6. The van der Waals surface area contributed by atoms with Crippen LogP contribution in [0.25, 0.3) is 0 Å². The fraction of sp³-hybridized carbons (Fsp3) is 0.400. The molecule has 0 unspecified atom stereocenters. The van der Waals surface area contributed by atoms with Crippen LogP contribution in [-0.4, -0.2) is 42.3 Å². The molecule has 1 rings (SSSR count). The van der Waals surface area contributed by atoms with E-state index in [9.17, 15) is 18.5 Å². The molecule has 0 spiro atoms. The minimum absolute atomic E-state index is 0.309. The summed E-state index contributed by atoms with van der Waals surface area (Å²) in [5, 5.41) is 28.1. The van der Waals surface area contributed by atoms with Crippen molar-refractivity contribution in [1.29, 1.82) is 0 Å². The predicted molar refractivity (Wildman–Crippen MR) is 76.0 cm³/mol. The lowest BCUT2D eigenvalue weighted by Crippen LogP contribution is -2.51. The Hall–Kier alpha value is -0.970. The van der Waals surface area contributed by atoms with Crippen molar-refractivity contribution < 1.29 is 23.6 Å². The van der Waals surface area contributed by atoms with E-state index >= 15 is 0 Å². The number of nitrogens with zero attached hydrogens (tertiary/aromatic N) is 1. The van der Waals surface area contributed by atoms with E-state index in [1.807, 2.05) is 4.72 Å². The van der Waals surface area contributed by atoms with Crippen LogP contribution in [0.4, 0.5) is 5.69 Å². The monoisotopic (exact) mass is 358 g/mol. The molecule has 0 radical (unpaired) electrons. The highest BCUT2D eigenvalue weighted by Gasteiger charge is 2.33. The predicted octanol–water partition coefficient (Wildman–Crippen LogP) is 0.923. The van der Waals surface area contributed by atoms with Gasteiger partial charge in [-0.05, 0) is 19.1 Å². The number of aliphatic hydroxyl groups excluding tert-OH is 2. The van der Waals surface area contributed by atoms with Crippen LogP contribution >= 0.6 is 23.2 Å². The van der Waals surface area contributed by atoms with Gasteiger partial charge in [-0.15, -0.1) is 0 Å². The summed E-state index contributed by atoms with van der Waals surface area (Å²) in [4.78, 5) is 9.38. The SMILES string of the molecule is CC(CO)(CO)NS(=O)(=O)c1ccc(Cl)c([N+](=O)[O-])c1Cl. The second kappa shape index (κ2) is 6.42. The number of sulfonamides is 1. The first-order valence-electron chi connectivity index (χ1n) is 5.46. The van der Waals surface area contributed by atoms with Crippen LogP contribution in [0.1, 0.15) is 6.92 Å². The van der Waals surface area contributed by atoms with Gasteiger partial charge in [0, 0.05) is 0 Å². The quantitative estimate of drug-likeness (QED) is 0.512. The number of nitro groups is 1. The average molecular weight is 359 g/mol. The Morgan fingerprint density at radius 3 is 2.29 bits per heavy atom. The van der Waals surface area contributed by atoms with Crippen LogP contribution < -0.4 is 4.72 Å². The van der Waals surface area contributed by atoms with Crippen LogP contribution in [0, 0.1) is 10.1 Å². The number of halogens is 2. The van der Waals surface area contributed by atoms with Crippen LogP contribution in [0.2, 0.25) is 10.0 Å². The number of hydrogen-bond acceptors (Lipinski definition) is 6. The van der Waals surface area contributed by atoms with E-state index in [0.717, 1.165) is 12.1 Å². The fourth-order valence-electron chi connectivity index (χ4n) is 1.39. The van der Waals surface area contributed by atoms with Gasteiger partial charge in [0.25, 0.3) is 0 Å². The van der Waals surface area contributed by atoms with Crippen LogP contribution in [-0.2, 0) is 10.0 Å². The second-order valence-electron chi connectivity index (χ2n) is 4.45. The third-order valence-corrected chi connectivity index (χ3v) is 5.06. The van der Waals surface area contributed by atoms with E-state index in [0.29, 0.717) is 0 Å². The number of nitro benzene ring substituents is 1. The Morgan fingerprint density at radius 1 is 1.33 bits per heavy atom. The Bertz CT molecular complexity index is 660. The summed E-state index contributed by atoms with van der Waals surface area (Å²) in [7, 11) is -4.31. The zero-order valence-corrected chi connectivity index (χ0v) is 13.0. The molecule has 1 aromatic rings. The van der Waals surface area contributed by atoms with Crippen molar-refractivity contribution in [3.63, 3.8) is 0 Å². The molecule has 8 nitrogen and oxygen atoms in total. The summed E-state index contributed by atoms with van der Waals surface area (Å²) in [5.74, 6) is 0. The maximum atomic E-state index is 12.2. The zero-order valence-electron chi connectivity index (χ0n) is 10.7. The number of nitrogens with one attached hydrogen (secondary N) is 1. The van der Waals surface area contributed by atoms with Crippen molar-refractivity contribution in [2.45, 2.75) is 17.4 Å². The lowest BCUT2D eigenvalue weighted by atomic mass is 10.1. The number of aliphatic hydroxyl groups is 2. The summed E-state index contributed by atoms with van der Waals surface area (Å²) < 4.78 is 26.4. The van der Waals surface area contributed by atoms with Crippen LogP contribution in [0.3, 0.4) is 0 Å². The molecular weight excluding hydrogens is 347 g/mol. The van der Waals surface area contributed by atoms with Gasteiger partial charge in [-0.2, -0.15) is 0 Å². The van der Waals surface area contributed by atoms with E-state index in [2.05, 4.69) is 0 Å². The van der Waals surface area contributed by atoms with E-state index in [4.69, 9.17) is 33.4 Å². The molecule has 0 atom stereocenters. The van der Waals surface area contributed by atoms with E-state index in [-0.39, 0.29) is 5.02 Å². The van der Waals surface area contributed by atoms with Gasteiger partial charge in [0.1, 0.15) is 14.9 Å². The third-order valence-electron chi connectivity index (χ3n) is 2.58. The summed E-state index contributed by atoms with van der Waals surface area (Å²) in [5.41, 5.74) is -2.28. The molecule has 21 heavy (non-hydrogen) atoms. The van der Waals surface area contributed by atoms with Crippen LogP contribution in [0.15, 0.2) is 17.0 Å². The van der Waals surface area contributed by atoms with Gasteiger partial charge >= 0.3 is 5.69 Å². The number of benzene rings is 1. The molecule has 1 aromatic carbocycles. The van der Waals surface area contributed by atoms with Gasteiger partial charge in [0.2, 0.25) is 10.0 Å². The van der Waals surface area contributed by atoms with E-state index in [1.165, 1.54) is 6.92 Å². The van der Waals surface area contributed by atoms with E-state index in [1.54, 1.807) is 0 Å². The summed E-state index contributed by atoms with van der Waals surface area (Å²) in [6.45, 7) is -0.116. The molecule has 0 saturated carbocycles. The Morgan fingerprint density at radius 2 is 1.86 bits per heavy atom. The van der Waals surface area contributed by atoms with E-state index < -0.39 is 49.3 Å². The summed E-state index contributed by atoms with van der Waals surface area (Å²) in [6, 6.07) is 2.02. The molecule has 0 fully saturated rings. The number of hydrogen-bond donors (Lipinski definition) is 3. The van der Waals surface area contributed by atoms with Crippen molar-refractivity contribution in [3.05, 3.63) is 32.3 Å². The van der Waals surface area contributed by atoms with Gasteiger partial charge < -0.3 is 10.2 Å². The van der Waals surface area contributed by atoms with Gasteiger partial charge in [0.05, 0.1) is 23.7 Å². The molecule has 3 N–H and O–H groups in total. The first-order chi connectivity index (χ1) is 9.58. The molecule has 0 saturated heterocycles. The molecule has 0 heterocycles. The smallest absolute Gasteiger partial charge is 0.307 e. The molecule has 118 valence electrons. The van der Waals surface area contributed by atoms with Crippen molar-refractivity contribution in [2.24, 2.45) is 0 Å². The van der Waals surface area contributed by atoms with Gasteiger partial charge in [-0.3, -0.25) is 10.1 Å². The normalized spacial score (nSPS) is 12.4. The first kappa shape index (κ1) is 18.1. The highest BCUT2D eigenvalue weighted by Crippen LogP contribution is 2.37. The molecule has 0 aliphatic rings. The third kappa shape index (κ3) is 3.82. The summed E-state index contributed by atoms with van der Waals surface area (Å²) >= 11 is 11.4. The second-order valence-corrected chi connectivity index (χ2v) is 6.88. The van der Waals surface area contributed by atoms with Crippen molar-refractivity contribution in [1.82, 2.24) is 4.72 Å². The van der Waals surface area contributed by atoms with Crippen molar-refractivity contribution in [3.8, 4) is 0 Å². The lowest BCUT2D eigenvalue weighted by molar-refractivity contribution is -0.384. The highest BCUT2D eigenvalue weighted by atomic mass is 35.5. The maximum absolute atomic E-state index is 12.2. The minimum Gasteiger partial charge on any atom is -0.394 e. The highest BCUT2D eigenvalue weighted by molar-refractivity contribution is 7.89. The average Bonchev–Trinajstić information content (AvgIpc) is 2.37. The first-order valence-corrected chi connectivity index (χ1v) is 7.70. The Kier molecular flexibility index (Phi) is 5.53. The van der Waals surface area contributed by atoms with Crippen molar-refractivity contribution in [2.75, 3.05) is 13.2 Å². The lowest BCUT2D eigenvalue weighted by Gasteiger charge is -2.25. The molecule has 0 aliphatic carbocycles. The standard InChI is InChI=1S/C10H12Cl2N2O6S/c1-10(4-15,5-16)13-21(19,20)7-3-2-6(11)9(8(7)12)14(17)18/h2-3,13,15-16H,4-5H2,1H3. The summed E-state index contributed by atoms with van der Waals surface area (Å²) in [6.07, 6.45) is 0. The molecule has 11 heteroatoms. The molecule has 0 aliphatic heterocycles. The largest absolute Gasteiger partial charge is 0.394 e.